The van der Waals surface area contributed by atoms with E-state index in [9.17, 15) is 8.42 Å². The molecule has 224 valence electrons. The molecular weight excluding hydrogens is 568 g/mol. The molecule has 0 fully saturated rings. The van der Waals surface area contributed by atoms with Crippen LogP contribution in [0.2, 0.25) is 0 Å². The van der Waals surface area contributed by atoms with E-state index < -0.39 is 10.0 Å². The number of nitrogen functional groups attached to an aromatic ring is 3. The zero-order valence-electron chi connectivity index (χ0n) is 23.6. The van der Waals surface area contributed by atoms with E-state index in [1.54, 1.807) is 27.5 Å². The first kappa shape index (κ1) is 31.3. The summed E-state index contributed by atoms with van der Waals surface area (Å²) in [5.74, 6) is 2.44. The molecule has 7 N–H and O–H groups in total. The highest BCUT2D eigenvalue weighted by molar-refractivity contribution is 7.92. The van der Waals surface area contributed by atoms with Gasteiger partial charge in [0.2, 0.25) is 17.4 Å². The molecule has 0 amide bonds. The molecule has 42 heavy (non-hydrogen) atoms. The molecule has 0 aliphatic carbocycles. The van der Waals surface area contributed by atoms with Gasteiger partial charge in [0.25, 0.3) is 15.9 Å². The fourth-order valence-electron chi connectivity index (χ4n) is 3.62. The quantitative estimate of drug-likeness (QED) is 0.192. The second-order valence-electron chi connectivity index (χ2n) is 8.29. The van der Waals surface area contributed by atoms with E-state index in [0.29, 0.717) is 35.2 Å². The summed E-state index contributed by atoms with van der Waals surface area (Å²) in [5.41, 5.74) is 19.1. The lowest BCUT2D eigenvalue weighted by Gasteiger charge is -2.14. The zero-order chi connectivity index (χ0) is 30.9. The largest absolute Gasteiger partial charge is 0.493 e. The van der Waals surface area contributed by atoms with Gasteiger partial charge in [0.1, 0.15) is 12.1 Å². The minimum atomic E-state index is -3.82. The van der Waals surface area contributed by atoms with E-state index in [1.165, 1.54) is 44.8 Å². The van der Waals surface area contributed by atoms with Gasteiger partial charge in [-0.25, -0.2) is 18.4 Å². The van der Waals surface area contributed by atoms with Crippen molar-refractivity contribution in [2.45, 2.75) is 11.3 Å². The summed E-state index contributed by atoms with van der Waals surface area (Å²) in [7, 11) is 3.64. The van der Waals surface area contributed by atoms with Gasteiger partial charge in [-0.1, -0.05) is 0 Å². The third-order valence-electron chi connectivity index (χ3n) is 5.63. The number of aromatic nitrogens is 4. The number of nitrogens with two attached hydrogens (primary N) is 3. The minimum Gasteiger partial charge on any atom is -0.493 e. The van der Waals surface area contributed by atoms with Crippen LogP contribution in [0.15, 0.2) is 53.8 Å². The van der Waals surface area contributed by atoms with Crippen LogP contribution in [0.5, 0.6) is 28.9 Å². The van der Waals surface area contributed by atoms with Gasteiger partial charge >= 0.3 is 0 Å². The molecule has 0 spiro atoms. The van der Waals surface area contributed by atoms with Crippen molar-refractivity contribution in [1.82, 2.24) is 19.9 Å². The van der Waals surface area contributed by atoms with Crippen molar-refractivity contribution in [2.24, 2.45) is 0 Å². The van der Waals surface area contributed by atoms with Gasteiger partial charge in [-0.05, 0) is 42.0 Å². The molecule has 0 atom stereocenters. The summed E-state index contributed by atoms with van der Waals surface area (Å²) < 4.78 is 52.8. The Morgan fingerprint density at radius 1 is 0.786 bits per heavy atom. The van der Waals surface area contributed by atoms with Gasteiger partial charge in [-0.2, -0.15) is 9.97 Å². The molecule has 4 rings (SSSR count). The highest BCUT2D eigenvalue weighted by Crippen LogP contribution is 2.39. The molecule has 0 aliphatic rings. The highest BCUT2D eigenvalue weighted by Gasteiger charge is 2.20. The van der Waals surface area contributed by atoms with Crippen molar-refractivity contribution in [1.29, 1.82) is 0 Å². The van der Waals surface area contributed by atoms with Crippen molar-refractivity contribution in [3.63, 3.8) is 0 Å². The van der Waals surface area contributed by atoms with Crippen LogP contribution >= 0.6 is 0 Å². The molecule has 0 aliphatic heterocycles. The number of sulfonamides is 1. The smallest absolute Gasteiger partial charge is 0.263 e. The number of rotatable bonds is 10. The maximum atomic E-state index is 12.3. The molecule has 2 aromatic carbocycles. The Morgan fingerprint density at radius 2 is 1.40 bits per heavy atom. The van der Waals surface area contributed by atoms with Gasteiger partial charge in [0.05, 0.1) is 40.4 Å². The molecule has 0 saturated carbocycles. The number of hydrogen-bond acceptors (Lipinski definition) is 14. The summed E-state index contributed by atoms with van der Waals surface area (Å²) >= 11 is 0. The first-order chi connectivity index (χ1) is 20.1. The van der Waals surface area contributed by atoms with Gasteiger partial charge < -0.3 is 40.9 Å². The van der Waals surface area contributed by atoms with Crippen LogP contribution < -0.4 is 45.6 Å². The van der Waals surface area contributed by atoms with Crippen molar-refractivity contribution in [3.8, 4) is 28.9 Å². The highest BCUT2D eigenvalue weighted by atomic mass is 32.2. The Hall–Kier alpha value is -5.25. The van der Waals surface area contributed by atoms with Crippen LogP contribution in [0.3, 0.4) is 0 Å². The fraction of sp³-hybridized carbons (Fsp3) is 0.231. The van der Waals surface area contributed by atoms with Crippen molar-refractivity contribution in [2.75, 3.05) is 57.5 Å². The van der Waals surface area contributed by atoms with Crippen LogP contribution in [0.25, 0.3) is 0 Å². The van der Waals surface area contributed by atoms with Gasteiger partial charge in [-0.3, -0.25) is 4.72 Å². The van der Waals surface area contributed by atoms with Crippen LogP contribution in [-0.2, 0) is 16.4 Å². The number of methoxy groups -OCH3 is 5. The maximum Gasteiger partial charge on any atom is 0.263 e. The van der Waals surface area contributed by atoms with E-state index in [2.05, 4.69) is 24.7 Å². The van der Waals surface area contributed by atoms with Crippen molar-refractivity contribution >= 4 is 33.3 Å². The van der Waals surface area contributed by atoms with E-state index in [0.717, 1.165) is 11.1 Å². The Morgan fingerprint density at radius 3 is 1.93 bits per heavy atom. The summed E-state index contributed by atoms with van der Waals surface area (Å²) in [5, 5.41) is 0. The molecule has 15 nitrogen and oxygen atoms in total. The SMILES string of the molecule is COc1cc(Cc2cnc(N)nc2N)cc(OC)c1OC.COc1ncnc(NS(=O)(=O)c2ccc(N)cc2)c1OC. The average molecular weight is 601 g/mol. The Kier molecular flexibility index (Phi) is 10.3. The monoisotopic (exact) mass is 600 g/mol. The molecular formula is C26H32N8O7S. The molecule has 16 heteroatoms. The lowest BCUT2D eigenvalue weighted by molar-refractivity contribution is 0.324. The number of nitrogens with one attached hydrogen (secondary N) is 1. The Labute approximate surface area is 243 Å². The Bertz CT molecular complexity index is 1590. The third-order valence-corrected chi connectivity index (χ3v) is 6.98. The van der Waals surface area contributed by atoms with Crippen molar-refractivity contribution < 1.29 is 32.1 Å². The summed E-state index contributed by atoms with van der Waals surface area (Å²) in [6, 6.07) is 9.48. The Balaban J connectivity index is 0.000000230. The predicted molar refractivity (Wildman–Crippen MR) is 157 cm³/mol. The number of anilines is 4. The fourth-order valence-corrected chi connectivity index (χ4v) is 4.63. The van der Waals surface area contributed by atoms with E-state index in [4.69, 9.17) is 40.9 Å². The summed E-state index contributed by atoms with van der Waals surface area (Å²) in [6.45, 7) is 0. The maximum absolute atomic E-state index is 12.3. The second-order valence-corrected chi connectivity index (χ2v) is 9.97. The standard InChI is InChI=1S/C14H18N4O3.C12H14N4O4S/c1-19-10-5-8(6-11(20-2)12(10)21-3)4-9-7-17-14(16)18-13(9)15;1-19-10-11(14-7-15-12(10)20-2)16-21(17,18)9-5-3-8(13)4-6-9/h5-7H,4H2,1-3H3,(H4,15,16,17,18);3-7H,13H2,1-2H3,(H,14,15,16). The topological polar surface area (TPSA) is 222 Å². The van der Waals surface area contributed by atoms with E-state index in [-0.39, 0.29) is 28.3 Å². The molecule has 0 radical (unpaired) electrons. The minimum absolute atomic E-state index is 0.0128. The molecule has 0 saturated heterocycles. The van der Waals surface area contributed by atoms with Crippen LogP contribution in [-0.4, -0.2) is 63.9 Å². The van der Waals surface area contributed by atoms with Gasteiger partial charge in [0.15, 0.2) is 17.3 Å². The molecule has 2 aromatic heterocycles. The average Bonchev–Trinajstić information content (AvgIpc) is 2.98. The molecule has 4 aromatic rings. The third kappa shape index (κ3) is 7.48. The summed E-state index contributed by atoms with van der Waals surface area (Å²) in [4.78, 5) is 15.6. The first-order valence-electron chi connectivity index (χ1n) is 12.0. The van der Waals surface area contributed by atoms with E-state index in [1.807, 2.05) is 12.1 Å². The number of benzene rings is 2. The van der Waals surface area contributed by atoms with E-state index >= 15 is 0 Å². The van der Waals surface area contributed by atoms with Crippen LogP contribution in [0, 0.1) is 0 Å². The molecule has 2 heterocycles. The zero-order valence-corrected chi connectivity index (χ0v) is 24.4. The van der Waals surface area contributed by atoms with Gasteiger partial charge in [-0.15, -0.1) is 0 Å². The lowest BCUT2D eigenvalue weighted by atomic mass is 10.1. The number of ether oxygens (including phenoxy) is 5. The van der Waals surface area contributed by atoms with Crippen molar-refractivity contribution in [3.05, 3.63) is 60.0 Å². The first-order valence-corrected chi connectivity index (χ1v) is 13.5. The van der Waals surface area contributed by atoms with Crippen LogP contribution in [0.4, 0.5) is 23.3 Å². The lowest BCUT2D eigenvalue weighted by Crippen LogP contribution is -2.15. The summed E-state index contributed by atoms with van der Waals surface area (Å²) in [6.07, 6.45) is 3.31. The molecule has 0 unspecified atom stereocenters. The molecule has 0 bridgehead atoms. The predicted octanol–water partition coefficient (Wildman–Crippen LogP) is 2.13. The van der Waals surface area contributed by atoms with Gasteiger partial charge in [0, 0.05) is 23.9 Å². The number of nitrogens with zero attached hydrogens (tertiary/aromatic N) is 4. The second kappa shape index (κ2) is 13.9. The van der Waals surface area contributed by atoms with Crippen LogP contribution in [0.1, 0.15) is 11.1 Å². The number of hydrogen-bond donors (Lipinski definition) is 4. The normalized spacial score (nSPS) is 10.6.